The lowest BCUT2D eigenvalue weighted by molar-refractivity contribution is -0.130. The molecule has 1 spiro atoms. The molecule has 9 heteroatoms. The van der Waals surface area contributed by atoms with Crippen LogP contribution in [0.4, 0.5) is 0 Å². The van der Waals surface area contributed by atoms with Gasteiger partial charge in [0.25, 0.3) is 11.8 Å². The molecule has 1 aromatic rings. The number of carbonyl (C=O) groups is 2. The Balaban J connectivity index is 1.35. The first-order valence-corrected chi connectivity index (χ1v) is 10.6. The Bertz CT molecular complexity index is 963. The minimum Gasteiger partial charge on any atom is -0.378 e. The van der Waals surface area contributed by atoms with Crippen LogP contribution in [0.3, 0.4) is 0 Å². The van der Waals surface area contributed by atoms with Crippen molar-refractivity contribution in [2.45, 2.75) is 44.1 Å². The first-order chi connectivity index (χ1) is 15.0. The number of hydrogen-bond acceptors (Lipinski definition) is 7. The minimum atomic E-state index is -0.823. The van der Waals surface area contributed by atoms with Crippen LogP contribution in [0.2, 0.25) is 0 Å². The van der Waals surface area contributed by atoms with Crippen molar-refractivity contribution in [2.24, 2.45) is 5.92 Å². The summed E-state index contributed by atoms with van der Waals surface area (Å²) in [4.78, 5) is 36.3. The normalized spacial score (nSPS) is 32.3. The van der Waals surface area contributed by atoms with Crippen LogP contribution in [0.15, 0.2) is 30.1 Å². The Morgan fingerprint density at radius 3 is 3.06 bits per heavy atom. The Morgan fingerprint density at radius 2 is 2.26 bits per heavy atom. The second-order valence-electron chi connectivity index (χ2n) is 8.52. The van der Waals surface area contributed by atoms with Crippen molar-refractivity contribution in [3.05, 3.63) is 47.2 Å². The van der Waals surface area contributed by atoms with Gasteiger partial charge in [0.05, 0.1) is 25.5 Å². The molecule has 0 aromatic carbocycles. The van der Waals surface area contributed by atoms with E-state index >= 15 is 0 Å². The molecule has 164 valence electrons. The first-order valence-electron chi connectivity index (χ1n) is 10.6. The number of amides is 2. The lowest BCUT2D eigenvalue weighted by Crippen LogP contribution is -2.48. The molecule has 0 bridgehead atoms. The number of ether oxygens (including phenoxy) is 3. The van der Waals surface area contributed by atoms with E-state index < -0.39 is 17.6 Å². The average Bonchev–Trinajstić information content (AvgIpc) is 3.07. The van der Waals surface area contributed by atoms with E-state index in [4.69, 9.17) is 14.2 Å². The third-order valence-corrected chi connectivity index (χ3v) is 6.42. The van der Waals surface area contributed by atoms with Gasteiger partial charge in [0.2, 0.25) is 5.82 Å². The molecular formula is C22H26N4O5. The molecule has 1 aliphatic carbocycles. The van der Waals surface area contributed by atoms with Gasteiger partial charge in [0.15, 0.2) is 0 Å². The van der Waals surface area contributed by atoms with Gasteiger partial charge in [-0.25, -0.2) is 9.97 Å². The standard InChI is InChI=1S/C22H26N4O5/c1-13-5-3-6-16-17(13)30-11-15(21(28)26(16)2)24-20(27)19-23-9-14-10-31-22(18(14)25-19)7-4-8-29-12-22/h3,5-6,9,13,15,17H,4,7-8,10-12H2,1-2H3,(H,24,27)/t13?,15-,17?,22+/m0/s1. The predicted molar refractivity (Wildman–Crippen MR) is 109 cm³/mol. The summed E-state index contributed by atoms with van der Waals surface area (Å²) >= 11 is 0. The molecule has 4 heterocycles. The van der Waals surface area contributed by atoms with Crippen LogP contribution < -0.4 is 5.32 Å². The molecule has 2 amide bonds. The third kappa shape index (κ3) is 3.46. The number of fused-ring (bicyclic) bond motifs is 3. The molecule has 4 aliphatic rings. The van der Waals surface area contributed by atoms with E-state index in [1.54, 1.807) is 18.1 Å². The van der Waals surface area contributed by atoms with Crippen LogP contribution in [-0.4, -0.2) is 65.7 Å². The minimum absolute atomic E-state index is 0.0144. The van der Waals surface area contributed by atoms with E-state index in [9.17, 15) is 9.59 Å². The van der Waals surface area contributed by atoms with E-state index in [1.165, 1.54) is 0 Å². The average molecular weight is 426 g/mol. The number of nitrogens with zero attached hydrogens (tertiary/aromatic N) is 3. The predicted octanol–water partition coefficient (Wildman–Crippen LogP) is 1.06. The highest BCUT2D eigenvalue weighted by Gasteiger charge is 2.44. The summed E-state index contributed by atoms with van der Waals surface area (Å²) in [7, 11) is 1.71. The van der Waals surface area contributed by atoms with Gasteiger partial charge in [-0.15, -0.1) is 0 Å². The largest absolute Gasteiger partial charge is 0.378 e. The molecule has 2 unspecified atom stereocenters. The van der Waals surface area contributed by atoms with E-state index in [1.807, 2.05) is 25.2 Å². The van der Waals surface area contributed by atoms with E-state index in [0.717, 1.165) is 24.1 Å². The Labute approximate surface area is 180 Å². The van der Waals surface area contributed by atoms with Crippen molar-refractivity contribution in [3.63, 3.8) is 0 Å². The Hall–Kier alpha value is -2.62. The Kier molecular flexibility index (Phi) is 5.11. The summed E-state index contributed by atoms with van der Waals surface area (Å²) < 4.78 is 17.6. The van der Waals surface area contributed by atoms with Crippen LogP contribution in [0.25, 0.3) is 0 Å². The van der Waals surface area contributed by atoms with Gasteiger partial charge < -0.3 is 24.4 Å². The molecule has 0 saturated carbocycles. The van der Waals surface area contributed by atoms with Gasteiger partial charge in [0, 0.05) is 37.0 Å². The number of rotatable bonds is 2. The second-order valence-corrected chi connectivity index (χ2v) is 8.52. The van der Waals surface area contributed by atoms with Gasteiger partial charge in [0.1, 0.15) is 17.7 Å². The quantitative estimate of drug-likeness (QED) is 0.754. The summed E-state index contributed by atoms with van der Waals surface area (Å²) in [5, 5.41) is 2.76. The van der Waals surface area contributed by atoms with Crippen molar-refractivity contribution in [2.75, 3.05) is 26.9 Å². The monoisotopic (exact) mass is 426 g/mol. The maximum atomic E-state index is 13.0. The van der Waals surface area contributed by atoms with E-state index in [-0.39, 0.29) is 30.4 Å². The van der Waals surface area contributed by atoms with Crippen LogP contribution >= 0.6 is 0 Å². The summed E-state index contributed by atoms with van der Waals surface area (Å²) in [6.07, 6.45) is 8.91. The van der Waals surface area contributed by atoms with Crippen molar-refractivity contribution >= 4 is 11.8 Å². The van der Waals surface area contributed by atoms with Crippen molar-refractivity contribution in [1.82, 2.24) is 20.2 Å². The smallest absolute Gasteiger partial charge is 0.289 e. The van der Waals surface area contributed by atoms with Gasteiger partial charge in [-0.05, 0) is 18.9 Å². The van der Waals surface area contributed by atoms with Gasteiger partial charge in [-0.3, -0.25) is 9.59 Å². The van der Waals surface area contributed by atoms with E-state index in [0.29, 0.717) is 25.5 Å². The highest BCUT2D eigenvalue weighted by Crippen LogP contribution is 2.40. The molecule has 9 nitrogen and oxygen atoms in total. The van der Waals surface area contributed by atoms with Gasteiger partial charge >= 0.3 is 0 Å². The first kappa shape index (κ1) is 20.3. The van der Waals surface area contributed by atoms with Gasteiger partial charge in [-0.1, -0.05) is 19.1 Å². The fraction of sp³-hybridized carbons (Fsp3) is 0.545. The second kappa shape index (κ2) is 7.81. The summed E-state index contributed by atoms with van der Waals surface area (Å²) in [6, 6.07) is -0.823. The molecule has 1 aromatic heterocycles. The van der Waals surface area contributed by atoms with Crippen LogP contribution in [0, 0.1) is 5.92 Å². The van der Waals surface area contributed by atoms with Crippen molar-refractivity contribution in [3.8, 4) is 0 Å². The number of hydrogen-bond donors (Lipinski definition) is 1. The summed E-state index contributed by atoms with van der Waals surface area (Å²) in [6.45, 7) is 3.64. The topological polar surface area (TPSA) is 103 Å². The fourth-order valence-corrected chi connectivity index (χ4v) is 4.66. The van der Waals surface area contributed by atoms with Crippen LogP contribution in [-0.2, 0) is 31.2 Å². The number of nitrogens with one attached hydrogen (secondary N) is 1. The van der Waals surface area contributed by atoms with Crippen LogP contribution in [0.1, 0.15) is 41.6 Å². The highest BCUT2D eigenvalue weighted by molar-refractivity contribution is 5.95. The molecule has 1 N–H and O–H groups in total. The number of carbonyl (C=O) groups excluding carboxylic acids is 2. The highest BCUT2D eigenvalue weighted by atomic mass is 16.5. The summed E-state index contributed by atoms with van der Waals surface area (Å²) in [5.41, 5.74) is 1.76. The number of allylic oxidation sites excluding steroid dienone is 2. The van der Waals surface area contributed by atoms with Gasteiger partial charge in [-0.2, -0.15) is 0 Å². The zero-order valence-corrected chi connectivity index (χ0v) is 17.7. The van der Waals surface area contributed by atoms with Crippen molar-refractivity contribution < 1.29 is 23.8 Å². The SMILES string of the molecule is CC1C=CC=C2C1OC[C@H](NC(=O)c1ncc3c(n1)[C@]1(CCCOC1)OC3)C(=O)N2C. The maximum absolute atomic E-state index is 13.0. The molecule has 3 aliphatic heterocycles. The molecular weight excluding hydrogens is 400 g/mol. The number of aromatic nitrogens is 2. The van der Waals surface area contributed by atoms with Crippen LogP contribution in [0.5, 0.6) is 0 Å². The molecule has 0 radical (unpaired) electrons. The molecule has 4 atom stereocenters. The molecule has 5 rings (SSSR count). The van der Waals surface area contributed by atoms with E-state index in [2.05, 4.69) is 15.3 Å². The van der Waals surface area contributed by atoms with Crippen molar-refractivity contribution in [1.29, 1.82) is 0 Å². The third-order valence-electron chi connectivity index (χ3n) is 6.42. The summed E-state index contributed by atoms with van der Waals surface area (Å²) in [5.74, 6) is -0.590. The molecule has 2 fully saturated rings. The molecule has 2 saturated heterocycles. The molecule has 31 heavy (non-hydrogen) atoms. The lowest BCUT2D eigenvalue weighted by Gasteiger charge is -2.32. The fourth-order valence-electron chi connectivity index (χ4n) is 4.66. The lowest BCUT2D eigenvalue weighted by atomic mass is 9.92. The number of likely N-dealkylation sites (N-methyl/N-ethyl adjacent to an activating group) is 1. The zero-order valence-electron chi connectivity index (χ0n) is 17.7. The maximum Gasteiger partial charge on any atom is 0.289 e. The zero-order chi connectivity index (χ0) is 21.6. The Morgan fingerprint density at radius 1 is 1.39 bits per heavy atom.